The molecular formula is C13H12N2O5S. The zero-order valence-corrected chi connectivity index (χ0v) is 11.9. The molecule has 1 N–H and O–H groups in total. The number of carbonyl (C=O) groups is 1. The van der Waals surface area contributed by atoms with Crippen LogP contribution >= 0.6 is 0 Å². The molecule has 7 nitrogen and oxygen atoms in total. The van der Waals surface area contributed by atoms with E-state index in [1.165, 1.54) is 36.8 Å². The smallest absolute Gasteiger partial charge is 0.339 e. The van der Waals surface area contributed by atoms with Crippen LogP contribution in [0.3, 0.4) is 0 Å². The topological polar surface area (TPSA) is 106 Å². The fourth-order valence-electron chi connectivity index (χ4n) is 1.58. The summed E-state index contributed by atoms with van der Waals surface area (Å²) in [6.45, 7) is -0.0532. The average molecular weight is 308 g/mol. The largest absolute Gasteiger partial charge is 0.487 e. The zero-order valence-electron chi connectivity index (χ0n) is 11.1. The van der Waals surface area contributed by atoms with Gasteiger partial charge < -0.3 is 9.84 Å². The highest BCUT2D eigenvalue weighted by Crippen LogP contribution is 2.17. The Kier molecular flexibility index (Phi) is 4.18. The number of carboxylic acid groups (broad SMARTS) is 1. The molecular weight excluding hydrogens is 296 g/mol. The SMILES string of the molecule is CS(=O)(=O)c1ccc(OCc2ncncc2C(=O)O)cc1. The minimum Gasteiger partial charge on any atom is -0.487 e. The van der Waals surface area contributed by atoms with Gasteiger partial charge in [-0.15, -0.1) is 0 Å². The highest BCUT2D eigenvalue weighted by Gasteiger charge is 2.12. The molecule has 0 bridgehead atoms. The second-order valence-electron chi connectivity index (χ2n) is 4.22. The maximum absolute atomic E-state index is 11.3. The predicted octanol–water partition coefficient (Wildman–Crippen LogP) is 1.16. The molecule has 110 valence electrons. The first-order chi connectivity index (χ1) is 9.88. The molecule has 2 rings (SSSR count). The molecule has 0 aliphatic rings. The summed E-state index contributed by atoms with van der Waals surface area (Å²) in [7, 11) is -3.26. The van der Waals surface area contributed by atoms with Gasteiger partial charge >= 0.3 is 5.97 Å². The molecule has 0 aliphatic carbocycles. The van der Waals surface area contributed by atoms with Crippen LogP contribution in [-0.2, 0) is 16.4 Å². The van der Waals surface area contributed by atoms with Gasteiger partial charge in [-0.1, -0.05) is 0 Å². The van der Waals surface area contributed by atoms with Crippen molar-refractivity contribution in [3.05, 3.63) is 48.0 Å². The van der Waals surface area contributed by atoms with Crippen LogP contribution in [0.5, 0.6) is 5.75 Å². The van der Waals surface area contributed by atoms with E-state index >= 15 is 0 Å². The van der Waals surface area contributed by atoms with Crippen molar-refractivity contribution in [3.8, 4) is 5.75 Å². The molecule has 8 heteroatoms. The number of ether oxygens (including phenoxy) is 1. The number of aromatic nitrogens is 2. The monoisotopic (exact) mass is 308 g/mol. The Hall–Kier alpha value is -2.48. The first kappa shape index (κ1) is 14.9. The fraction of sp³-hybridized carbons (Fsp3) is 0.154. The number of sulfone groups is 1. The van der Waals surface area contributed by atoms with E-state index in [1.807, 2.05) is 0 Å². The Morgan fingerprint density at radius 3 is 2.52 bits per heavy atom. The Labute approximate surface area is 121 Å². The van der Waals surface area contributed by atoms with E-state index in [1.54, 1.807) is 0 Å². The molecule has 0 spiro atoms. The third-order valence-corrected chi connectivity index (χ3v) is 3.78. The molecule has 0 amide bonds. The van der Waals surface area contributed by atoms with Gasteiger partial charge in [-0.05, 0) is 24.3 Å². The third-order valence-electron chi connectivity index (χ3n) is 2.65. The van der Waals surface area contributed by atoms with Crippen molar-refractivity contribution in [1.29, 1.82) is 0 Å². The van der Waals surface area contributed by atoms with Crippen LogP contribution in [-0.4, -0.2) is 35.7 Å². The summed E-state index contributed by atoms with van der Waals surface area (Å²) in [6, 6.07) is 5.83. The van der Waals surface area contributed by atoms with E-state index in [-0.39, 0.29) is 22.8 Å². The predicted molar refractivity (Wildman–Crippen MR) is 72.9 cm³/mol. The lowest BCUT2D eigenvalue weighted by molar-refractivity contribution is 0.0692. The second-order valence-corrected chi connectivity index (χ2v) is 6.24. The van der Waals surface area contributed by atoms with E-state index in [0.29, 0.717) is 5.75 Å². The summed E-state index contributed by atoms with van der Waals surface area (Å²) < 4.78 is 28.0. The van der Waals surface area contributed by atoms with Crippen LogP contribution in [0.15, 0.2) is 41.7 Å². The number of rotatable bonds is 5. The number of benzene rings is 1. The van der Waals surface area contributed by atoms with Gasteiger partial charge in [-0.2, -0.15) is 0 Å². The van der Waals surface area contributed by atoms with E-state index in [2.05, 4.69) is 9.97 Å². The molecule has 0 aliphatic heterocycles. The van der Waals surface area contributed by atoms with Crippen molar-refractivity contribution < 1.29 is 23.1 Å². The molecule has 1 aromatic heterocycles. The first-order valence-electron chi connectivity index (χ1n) is 5.83. The standard InChI is InChI=1S/C13H12N2O5S/c1-21(18,19)10-4-2-9(3-5-10)20-7-12-11(13(16)17)6-14-8-15-12/h2-6,8H,7H2,1H3,(H,16,17). The van der Waals surface area contributed by atoms with Crippen LogP contribution in [0, 0.1) is 0 Å². The lowest BCUT2D eigenvalue weighted by Crippen LogP contribution is -2.08. The summed E-state index contributed by atoms with van der Waals surface area (Å²) in [5, 5.41) is 8.99. The molecule has 2 aromatic rings. The molecule has 1 aromatic carbocycles. The van der Waals surface area contributed by atoms with Crippen molar-refractivity contribution in [1.82, 2.24) is 9.97 Å². The van der Waals surface area contributed by atoms with Crippen molar-refractivity contribution in [3.63, 3.8) is 0 Å². The molecule has 0 saturated heterocycles. The van der Waals surface area contributed by atoms with E-state index in [4.69, 9.17) is 9.84 Å². The second kappa shape index (κ2) is 5.88. The van der Waals surface area contributed by atoms with Crippen LogP contribution in [0.2, 0.25) is 0 Å². The maximum atomic E-state index is 11.3. The Balaban J connectivity index is 2.12. The van der Waals surface area contributed by atoms with Crippen molar-refractivity contribution >= 4 is 15.8 Å². The summed E-state index contributed by atoms with van der Waals surface area (Å²) in [5.41, 5.74) is 0.204. The number of aromatic carboxylic acids is 1. The third kappa shape index (κ3) is 3.76. The highest BCUT2D eigenvalue weighted by atomic mass is 32.2. The maximum Gasteiger partial charge on any atom is 0.339 e. The molecule has 0 fully saturated rings. The molecule has 0 radical (unpaired) electrons. The van der Waals surface area contributed by atoms with Crippen molar-refractivity contribution in [2.75, 3.05) is 6.26 Å². The Morgan fingerprint density at radius 1 is 1.29 bits per heavy atom. The van der Waals surface area contributed by atoms with Crippen LogP contribution < -0.4 is 4.74 Å². The summed E-state index contributed by atoms with van der Waals surface area (Å²) >= 11 is 0. The molecule has 0 atom stereocenters. The minimum absolute atomic E-state index is 0.0368. The van der Waals surface area contributed by atoms with Gasteiger partial charge in [0.25, 0.3) is 0 Å². The first-order valence-corrected chi connectivity index (χ1v) is 7.72. The van der Waals surface area contributed by atoms with E-state index < -0.39 is 15.8 Å². The fourth-order valence-corrected chi connectivity index (χ4v) is 2.21. The average Bonchev–Trinajstić information content (AvgIpc) is 2.45. The number of carboxylic acids is 1. The number of hydrogen-bond donors (Lipinski definition) is 1. The van der Waals surface area contributed by atoms with Gasteiger partial charge in [0, 0.05) is 12.5 Å². The van der Waals surface area contributed by atoms with Gasteiger partial charge in [-0.25, -0.2) is 23.2 Å². The van der Waals surface area contributed by atoms with Crippen molar-refractivity contribution in [2.24, 2.45) is 0 Å². The summed E-state index contributed by atoms with van der Waals surface area (Å²) in [4.78, 5) is 18.7. The zero-order chi connectivity index (χ0) is 15.5. The molecule has 1 heterocycles. The van der Waals surface area contributed by atoms with Crippen LogP contribution in [0.1, 0.15) is 16.1 Å². The summed E-state index contributed by atoms with van der Waals surface area (Å²) in [5.74, 6) is -0.723. The Bertz CT molecular complexity index is 756. The molecule has 21 heavy (non-hydrogen) atoms. The number of nitrogens with zero attached hydrogens (tertiary/aromatic N) is 2. The normalized spacial score (nSPS) is 11.1. The van der Waals surface area contributed by atoms with Gasteiger partial charge in [0.1, 0.15) is 24.2 Å². The van der Waals surface area contributed by atoms with Gasteiger partial charge in [0.2, 0.25) is 0 Å². The summed E-state index contributed by atoms with van der Waals surface area (Å²) in [6.07, 6.45) is 3.54. The van der Waals surface area contributed by atoms with E-state index in [9.17, 15) is 13.2 Å². The highest BCUT2D eigenvalue weighted by molar-refractivity contribution is 7.90. The van der Waals surface area contributed by atoms with Gasteiger partial charge in [0.05, 0.1) is 10.6 Å². The van der Waals surface area contributed by atoms with Gasteiger partial charge in [-0.3, -0.25) is 0 Å². The molecule has 0 saturated carbocycles. The van der Waals surface area contributed by atoms with Crippen molar-refractivity contribution in [2.45, 2.75) is 11.5 Å². The lowest BCUT2D eigenvalue weighted by Gasteiger charge is -2.08. The minimum atomic E-state index is -3.26. The quantitative estimate of drug-likeness (QED) is 0.883. The molecule has 0 unspecified atom stereocenters. The van der Waals surface area contributed by atoms with Crippen LogP contribution in [0.4, 0.5) is 0 Å². The van der Waals surface area contributed by atoms with E-state index in [0.717, 1.165) is 6.26 Å². The van der Waals surface area contributed by atoms with Gasteiger partial charge in [0.15, 0.2) is 9.84 Å². The Morgan fingerprint density at radius 2 is 1.95 bits per heavy atom. The lowest BCUT2D eigenvalue weighted by atomic mass is 10.2. The van der Waals surface area contributed by atoms with Crippen LogP contribution in [0.25, 0.3) is 0 Å². The number of hydrogen-bond acceptors (Lipinski definition) is 6.